The van der Waals surface area contributed by atoms with Crippen LogP contribution in [0.3, 0.4) is 0 Å². The number of aryl methyl sites for hydroxylation is 1. The van der Waals surface area contributed by atoms with Gasteiger partial charge in [0.25, 0.3) is 0 Å². The van der Waals surface area contributed by atoms with Gasteiger partial charge in [0, 0.05) is 17.7 Å². The van der Waals surface area contributed by atoms with E-state index in [-0.39, 0.29) is 11.4 Å². The van der Waals surface area contributed by atoms with Gasteiger partial charge >= 0.3 is 0 Å². The molecule has 5 nitrogen and oxygen atoms in total. The molecule has 2 aromatic rings. The molecule has 0 radical (unpaired) electrons. The number of aromatic hydroxyl groups is 1. The molecule has 0 unspecified atom stereocenters. The van der Waals surface area contributed by atoms with Crippen LogP contribution in [0.2, 0.25) is 0 Å². The lowest BCUT2D eigenvalue weighted by atomic mass is 9.78. The third kappa shape index (κ3) is 3.97. The molecule has 2 aromatic carbocycles. The summed E-state index contributed by atoms with van der Waals surface area (Å²) in [7, 11) is 0. The Morgan fingerprint density at radius 2 is 1.93 bits per heavy atom. The van der Waals surface area contributed by atoms with Crippen LogP contribution in [0.4, 0.5) is 5.69 Å². The van der Waals surface area contributed by atoms with Crippen molar-refractivity contribution in [3.05, 3.63) is 53.6 Å². The fourth-order valence-electron chi connectivity index (χ4n) is 4.06. The standard InChI is InChI=1S/C22H25N3O2S/c1-15-7-3-4-8-18(15)23-21(28)25-24-19-14-22(11-5-2-6-12-22)27-20-10-9-16(26)13-17(19)20/h3-4,7-10,13,26H,2,5-6,11-12,14H2,1H3,(H2,23,25,28)/b24-19+. The third-order valence-electron chi connectivity index (χ3n) is 5.54. The predicted octanol–water partition coefficient (Wildman–Crippen LogP) is 4.88. The number of thiocarbonyl (C=S) groups is 1. The van der Waals surface area contributed by atoms with Crippen LogP contribution in [0.1, 0.15) is 49.7 Å². The topological polar surface area (TPSA) is 65.9 Å². The summed E-state index contributed by atoms with van der Waals surface area (Å²) in [5.74, 6) is 0.986. The summed E-state index contributed by atoms with van der Waals surface area (Å²) in [4.78, 5) is 0. The molecule has 1 saturated carbocycles. The van der Waals surface area contributed by atoms with Crippen molar-refractivity contribution >= 4 is 28.7 Å². The van der Waals surface area contributed by atoms with Crippen LogP contribution in [0.25, 0.3) is 0 Å². The monoisotopic (exact) mass is 395 g/mol. The number of rotatable bonds is 2. The number of para-hydroxylation sites is 1. The van der Waals surface area contributed by atoms with E-state index in [0.717, 1.165) is 41.1 Å². The highest BCUT2D eigenvalue weighted by Gasteiger charge is 2.40. The first kappa shape index (κ1) is 18.7. The Morgan fingerprint density at radius 3 is 2.71 bits per heavy atom. The van der Waals surface area contributed by atoms with Crippen LogP contribution in [0.15, 0.2) is 47.6 Å². The van der Waals surface area contributed by atoms with Gasteiger partial charge in [-0.05, 0) is 74.7 Å². The summed E-state index contributed by atoms with van der Waals surface area (Å²) in [6, 6.07) is 13.2. The molecule has 1 fully saturated rings. The van der Waals surface area contributed by atoms with Crippen LogP contribution in [-0.4, -0.2) is 21.5 Å². The predicted molar refractivity (Wildman–Crippen MR) is 116 cm³/mol. The quantitative estimate of drug-likeness (QED) is 0.500. The van der Waals surface area contributed by atoms with Crippen molar-refractivity contribution in [2.75, 3.05) is 5.32 Å². The lowest BCUT2D eigenvalue weighted by molar-refractivity contribution is 0.0320. The van der Waals surface area contributed by atoms with Crippen molar-refractivity contribution in [1.29, 1.82) is 0 Å². The number of benzene rings is 2. The Bertz CT molecular complexity index is 920. The highest BCUT2D eigenvalue weighted by molar-refractivity contribution is 7.80. The largest absolute Gasteiger partial charge is 0.508 e. The number of phenols is 1. The first-order valence-corrected chi connectivity index (χ1v) is 10.2. The molecule has 0 amide bonds. The van der Waals surface area contributed by atoms with Gasteiger partial charge in [0.05, 0.1) is 5.71 Å². The molecule has 146 valence electrons. The molecule has 0 saturated heterocycles. The number of nitrogens with zero attached hydrogens (tertiary/aromatic N) is 1. The molecule has 0 bridgehead atoms. The average molecular weight is 396 g/mol. The van der Waals surface area contributed by atoms with Crippen LogP contribution in [-0.2, 0) is 0 Å². The molecule has 6 heteroatoms. The average Bonchev–Trinajstić information content (AvgIpc) is 2.69. The van der Waals surface area contributed by atoms with Gasteiger partial charge in [0.1, 0.15) is 17.1 Å². The number of hydrogen-bond donors (Lipinski definition) is 3. The van der Waals surface area contributed by atoms with Crippen LogP contribution in [0.5, 0.6) is 11.5 Å². The summed E-state index contributed by atoms with van der Waals surface area (Å²) >= 11 is 5.43. The maximum absolute atomic E-state index is 9.94. The van der Waals surface area contributed by atoms with Gasteiger partial charge in [-0.1, -0.05) is 24.6 Å². The Morgan fingerprint density at radius 1 is 1.14 bits per heavy atom. The van der Waals surface area contributed by atoms with E-state index >= 15 is 0 Å². The first-order chi connectivity index (χ1) is 13.5. The Balaban J connectivity index is 1.57. The molecule has 1 aliphatic carbocycles. The number of fused-ring (bicyclic) bond motifs is 1. The lowest BCUT2D eigenvalue weighted by Gasteiger charge is -2.41. The number of hydrazone groups is 1. The van der Waals surface area contributed by atoms with Gasteiger partial charge in [-0.25, -0.2) is 0 Å². The Kier molecular flexibility index (Phi) is 5.22. The van der Waals surface area contributed by atoms with Crippen LogP contribution >= 0.6 is 12.2 Å². The van der Waals surface area contributed by atoms with E-state index in [0.29, 0.717) is 11.5 Å². The minimum absolute atomic E-state index is 0.201. The molecule has 0 aromatic heterocycles. The molecule has 4 rings (SSSR count). The Labute approximate surface area is 170 Å². The van der Waals surface area contributed by atoms with Crippen molar-refractivity contribution in [2.45, 2.75) is 51.0 Å². The zero-order chi connectivity index (χ0) is 19.6. The van der Waals surface area contributed by atoms with Crippen molar-refractivity contribution in [3.63, 3.8) is 0 Å². The molecule has 3 N–H and O–H groups in total. The third-order valence-corrected chi connectivity index (χ3v) is 5.73. The SMILES string of the molecule is Cc1ccccc1NC(=S)N/N=C1\CC2(CCCCC2)Oc2ccc(O)cc21. The molecule has 2 aliphatic rings. The summed E-state index contributed by atoms with van der Waals surface area (Å²) in [5.41, 5.74) is 6.54. The minimum atomic E-state index is -0.201. The van der Waals surface area contributed by atoms with E-state index in [4.69, 9.17) is 17.0 Å². The second-order valence-corrected chi connectivity index (χ2v) is 8.05. The van der Waals surface area contributed by atoms with Crippen LogP contribution in [0, 0.1) is 6.92 Å². The second kappa shape index (κ2) is 7.80. The molecule has 1 heterocycles. The highest BCUT2D eigenvalue weighted by Crippen LogP contribution is 2.42. The molecule has 1 aliphatic heterocycles. The molecular weight excluding hydrogens is 370 g/mol. The highest BCUT2D eigenvalue weighted by atomic mass is 32.1. The normalized spacial score (nSPS) is 19.0. The number of anilines is 1. The number of phenolic OH excluding ortho intramolecular Hbond substituents is 1. The summed E-state index contributed by atoms with van der Waals surface area (Å²) in [6.07, 6.45) is 6.35. The fourth-order valence-corrected chi connectivity index (χ4v) is 4.21. The maximum atomic E-state index is 9.94. The lowest BCUT2D eigenvalue weighted by Crippen LogP contribution is -2.44. The van der Waals surface area contributed by atoms with Crippen molar-refractivity contribution in [1.82, 2.24) is 5.43 Å². The molecular formula is C22H25N3O2S. The van der Waals surface area contributed by atoms with E-state index in [2.05, 4.69) is 15.8 Å². The van der Waals surface area contributed by atoms with Gasteiger partial charge < -0.3 is 15.2 Å². The zero-order valence-corrected chi connectivity index (χ0v) is 16.8. The van der Waals surface area contributed by atoms with E-state index in [1.54, 1.807) is 12.1 Å². The number of hydrogen-bond acceptors (Lipinski definition) is 4. The fraction of sp³-hybridized carbons (Fsp3) is 0.364. The minimum Gasteiger partial charge on any atom is -0.508 e. The molecule has 1 spiro atoms. The van der Waals surface area contributed by atoms with Gasteiger partial charge in [0.2, 0.25) is 0 Å². The van der Waals surface area contributed by atoms with E-state index in [9.17, 15) is 5.11 Å². The van der Waals surface area contributed by atoms with Crippen molar-refractivity contribution in [2.24, 2.45) is 5.10 Å². The van der Waals surface area contributed by atoms with Gasteiger partial charge in [-0.3, -0.25) is 5.43 Å². The number of ether oxygens (including phenoxy) is 1. The van der Waals surface area contributed by atoms with E-state index in [1.807, 2.05) is 37.3 Å². The van der Waals surface area contributed by atoms with Crippen LogP contribution < -0.4 is 15.5 Å². The summed E-state index contributed by atoms with van der Waals surface area (Å²) < 4.78 is 6.40. The van der Waals surface area contributed by atoms with Gasteiger partial charge in [-0.2, -0.15) is 5.10 Å². The van der Waals surface area contributed by atoms with Gasteiger partial charge in [0.15, 0.2) is 5.11 Å². The Hall–Kier alpha value is -2.60. The molecule has 28 heavy (non-hydrogen) atoms. The van der Waals surface area contributed by atoms with E-state index < -0.39 is 0 Å². The summed E-state index contributed by atoms with van der Waals surface area (Å²) in [6.45, 7) is 2.03. The van der Waals surface area contributed by atoms with Gasteiger partial charge in [-0.15, -0.1) is 0 Å². The second-order valence-electron chi connectivity index (χ2n) is 7.64. The van der Waals surface area contributed by atoms with Crippen molar-refractivity contribution < 1.29 is 9.84 Å². The van der Waals surface area contributed by atoms with Crippen molar-refractivity contribution in [3.8, 4) is 11.5 Å². The van der Waals surface area contributed by atoms with E-state index in [1.165, 1.54) is 19.3 Å². The zero-order valence-electron chi connectivity index (χ0n) is 16.0. The first-order valence-electron chi connectivity index (χ1n) is 9.76. The summed E-state index contributed by atoms with van der Waals surface area (Å²) in [5, 5.41) is 18.2. The molecule has 0 atom stereocenters. The smallest absolute Gasteiger partial charge is 0.191 e. The number of nitrogens with one attached hydrogen (secondary N) is 2. The maximum Gasteiger partial charge on any atom is 0.191 e.